The summed E-state index contributed by atoms with van der Waals surface area (Å²) in [6.45, 7) is 1.49. The van der Waals surface area contributed by atoms with Crippen molar-refractivity contribution in [2.45, 2.75) is 6.18 Å². The maximum absolute atomic E-state index is 12.5. The molecule has 0 aliphatic carbocycles. The van der Waals surface area contributed by atoms with E-state index < -0.39 is 27.5 Å². The second kappa shape index (κ2) is 6.66. The number of halogens is 3. The third kappa shape index (κ3) is 5.59. The molecule has 0 fully saturated rings. The van der Waals surface area contributed by atoms with Crippen LogP contribution in [0.5, 0.6) is 0 Å². The van der Waals surface area contributed by atoms with Gasteiger partial charge in [0.1, 0.15) is 13.9 Å². The van der Waals surface area contributed by atoms with Gasteiger partial charge in [-0.2, -0.15) is 13.2 Å². The number of hydrogen-bond acceptors (Lipinski definition) is 2. The second-order valence-corrected chi connectivity index (χ2v) is 10.6. The molecule has 0 radical (unpaired) electrons. The topological polar surface area (TPSA) is 41.9 Å². The standard InChI is InChI=1S/C12H19F3N2O2P2/c1-17(2)21(4,18)16-20(3,19-10-12(13,14)15)11-8-6-5-7-9-11/h5-9H,10H2,1-4H3. The van der Waals surface area contributed by atoms with Gasteiger partial charge >= 0.3 is 6.18 Å². The molecule has 1 aromatic carbocycles. The van der Waals surface area contributed by atoms with Crippen LogP contribution in [0.4, 0.5) is 13.2 Å². The molecule has 0 spiro atoms. The number of alkyl halides is 3. The summed E-state index contributed by atoms with van der Waals surface area (Å²) in [7, 11) is -2.97. The molecule has 0 aromatic heterocycles. The fraction of sp³-hybridized carbons (Fsp3) is 0.500. The average Bonchev–Trinajstić information content (AvgIpc) is 2.36. The molecule has 0 N–H and O–H groups in total. The van der Waals surface area contributed by atoms with E-state index in [4.69, 9.17) is 4.52 Å². The number of nitrogens with zero attached hydrogens (tertiary/aromatic N) is 2. The minimum atomic E-state index is -4.46. The highest BCUT2D eigenvalue weighted by atomic mass is 31.2. The molecule has 0 amide bonds. The van der Waals surface area contributed by atoms with Crippen molar-refractivity contribution in [2.75, 3.05) is 34.0 Å². The average molecular weight is 342 g/mol. The highest BCUT2D eigenvalue weighted by molar-refractivity contribution is 7.76. The van der Waals surface area contributed by atoms with E-state index in [0.717, 1.165) is 0 Å². The Labute approximate surface area is 122 Å². The molecule has 0 heterocycles. The first-order valence-corrected chi connectivity index (χ1v) is 10.3. The van der Waals surface area contributed by atoms with Gasteiger partial charge in [0.05, 0.1) is 0 Å². The van der Waals surface area contributed by atoms with Gasteiger partial charge in [-0.25, -0.2) is 9.19 Å². The Morgan fingerprint density at radius 2 is 1.71 bits per heavy atom. The molecule has 0 bridgehead atoms. The Balaban J connectivity index is 3.30. The van der Waals surface area contributed by atoms with Gasteiger partial charge in [0.2, 0.25) is 0 Å². The van der Waals surface area contributed by atoms with Crippen LogP contribution < -0.4 is 5.30 Å². The Morgan fingerprint density at radius 1 is 1.19 bits per heavy atom. The van der Waals surface area contributed by atoms with Gasteiger partial charge < -0.3 is 4.52 Å². The first kappa shape index (κ1) is 18.4. The SMILES string of the molecule is CN(C)P(C)(=O)N=P(C)(OCC(F)(F)F)c1ccccc1. The highest BCUT2D eigenvalue weighted by Gasteiger charge is 2.33. The molecule has 0 aliphatic heterocycles. The third-order valence-electron chi connectivity index (χ3n) is 2.79. The monoisotopic (exact) mass is 342 g/mol. The van der Waals surface area contributed by atoms with Crippen molar-refractivity contribution in [3.63, 3.8) is 0 Å². The molecule has 120 valence electrons. The minimum Gasteiger partial charge on any atom is -0.331 e. The zero-order chi connectivity index (χ0) is 16.3. The summed E-state index contributed by atoms with van der Waals surface area (Å²) in [6.07, 6.45) is -4.46. The van der Waals surface area contributed by atoms with E-state index in [0.29, 0.717) is 5.30 Å². The summed E-state index contributed by atoms with van der Waals surface area (Å²) in [6, 6.07) is 8.41. The van der Waals surface area contributed by atoms with E-state index in [1.165, 1.54) is 18.0 Å². The molecule has 9 heteroatoms. The van der Waals surface area contributed by atoms with Crippen LogP contribution in [-0.4, -0.2) is 44.9 Å². The Kier molecular flexibility index (Phi) is 5.84. The Hall–Kier alpha value is -0.610. The van der Waals surface area contributed by atoms with Crippen molar-refractivity contribution >= 4 is 20.0 Å². The van der Waals surface area contributed by atoms with Gasteiger partial charge in [-0.3, -0.25) is 4.57 Å². The molecule has 0 saturated carbocycles. The predicted octanol–water partition coefficient (Wildman–Crippen LogP) is 4.02. The van der Waals surface area contributed by atoms with Gasteiger partial charge in [0.25, 0.3) is 7.44 Å². The zero-order valence-corrected chi connectivity index (χ0v) is 14.1. The number of benzene rings is 1. The maximum Gasteiger partial charge on any atom is 0.412 e. The summed E-state index contributed by atoms with van der Waals surface area (Å²) >= 11 is 0. The van der Waals surface area contributed by atoms with Crippen molar-refractivity contribution in [3.05, 3.63) is 30.3 Å². The van der Waals surface area contributed by atoms with Crippen molar-refractivity contribution in [1.82, 2.24) is 4.67 Å². The molecule has 1 aromatic rings. The first-order chi connectivity index (χ1) is 9.46. The van der Waals surface area contributed by atoms with Gasteiger partial charge in [-0.1, -0.05) is 30.3 Å². The van der Waals surface area contributed by atoms with Crippen molar-refractivity contribution in [2.24, 2.45) is 4.52 Å². The van der Waals surface area contributed by atoms with Gasteiger partial charge in [-0.15, -0.1) is 0 Å². The summed E-state index contributed by atoms with van der Waals surface area (Å²) in [5.41, 5.74) is 0. The molecule has 1 rings (SSSR count). The second-order valence-electron chi connectivity index (χ2n) is 4.88. The summed E-state index contributed by atoms with van der Waals surface area (Å²) < 4.78 is 60.5. The van der Waals surface area contributed by atoms with E-state index in [1.54, 1.807) is 44.4 Å². The van der Waals surface area contributed by atoms with Crippen LogP contribution in [0, 0.1) is 0 Å². The highest BCUT2D eigenvalue weighted by Crippen LogP contribution is 2.59. The molecular formula is C12H19F3N2O2P2. The van der Waals surface area contributed by atoms with E-state index in [9.17, 15) is 17.7 Å². The summed E-state index contributed by atoms with van der Waals surface area (Å²) in [5.74, 6) is 0. The number of hydrogen-bond donors (Lipinski definition) is 0. The Morgan fingerprint density at radius 3 is 2.14 bits per heavy atom. The minimum absolute atomic E-state index is 0.526. The van der Waals surface area contributed by atoms with Gasteiger partial charge in [0.15, 0.2) is 0 Å². The van der Waals surface area contributed by atoms with E-state index in [2.05, 4.69) is 4.52 Å². The largest absolute Gasteiger partial charge is 0.412 e. The molecule has 2 atom stereocenters. The first-order valence-electron chi connectivity index (χ1n) is 6.10. The molecule has 0 aliphatic rings. The quantitative estimate of drug-likeness (QED) is 0.759. The van der Waals surface area contributed by atoms with Crippen LogP contribution in [0.25, 0.3) is 0 Å². The van der Waals surface area contributed by atoms with Crippen LogP contribution in [-0.2, 0) is 9.09 Å². The normalized spacial score (nSPS) is 18.1. The summed E-state index contributed by atoms with van der Waals surface area (Å²) in [4.78, 5) is 0. The fourth-order valence-corrected chi connectivity index (χ4v) is 6.52. The number of rotatable bonds is 5. The predicted molar refractivity (Wildman–Crippen MR) is 80.6 cm³/mol. The fourth-order valence-electron chi connectivity index (χ4n) is 1.45. The van der Waals surface area contributed by atoms with Gasteiger partial charge in [-0.05, 0) is 20.8 Å². The van der Waals surface area contributed by atoms with Crippen LogP contribution >= 0.6 is 14.7 Å². The lowest BCUT2D eigenvalue weighted by Crippen LogP contribution is -2.19. The van der Waals surface area contributed by atoms with E-state index >= 15 is 0 Å². The molecule has 4 nitrogen and oxygen atoms in total. The van der Waals surface area contributed by atoms with Gasteiger partial charge in [0, 0.05) is 12.0 Å². The van der Waals surface area contributed by atoms with Crippen LogP contribution in [0.2, 0.25) is 0 Å². The van der Waals surface area contributed by atoms with Crippen LogP contribution in [0.1, 0.15) is 0 Å². The lowest BCUT2D eigenvalue weighted by molar-refractivity contribution is -0.152. The Bertz CT molecular complexity index is 574. The zero-order valence-electron chi connectivity index (χ0n) is 12.3. The summed E-state index contributed by atoms with van der Waals surface area (Å²) in [5, 5.41) is 0.526. The molecular weight excluding hydrogens is 323 g/mol. The van der Waals surface area contributed by atoms with Crippen LogP contribution in [0.15, 0.2) is 34.8 Å². The van der Waals surface area contributed by atoms with Crippen molar-refractivity contribution in [1.29, 1.82) is 0 Å². The van der Waals surface area contributed by atoms with Crippen molar-refractivity contribution < 1.29 is 22.3 Å². The maximum atomic E-state index is 12.5. The molecule has 0 saturated heterocycles. The smallest absolute Gasteiger partial charge is 0.331 e. The van der Waals surface area contributed by atoms with E-state index in [1.807, 2.05) is 0 Å². The molecule has 21 heavy (non-hydrogen) atoms. The van der Waals surface area contributed by atoms with E-state index in [-0.39, 0.29) is 0 Å². The van der Waals surface area contributed by atoms with Crippen LogP contribution in [0.3, 0.4) is 0 Å². The third-order valence-corrected chi connectivity index (χ3v) is 8.86. The lowest BCUT2D eigenvalue weighted by atomic mass is 10.4. The lowest BCUT2D eigenvalue weighted by Gasteiger charge is -2.26. The van der Waals surface area contributed by atoms with Crippen molar-refractivity contribution in [3.8, 4) is 0 Å². The molecule has 2 unspecified atom stereocenters.